The predicted octanol–water partition coefficient (Wildman–Crippen LogP) is 2.09. The van der Waals surface area contributed by atoms with E-state index in [2.05, 4.69) is 47.8 Å². The van der Waals surface area contributed by atoms with E-state index in [1.54, 1.807) is 0 Å². The highest BCUT2D eigenvalue weighted by Crippen LogP contribution is 2.17. The van der Waals surface area contributed by atoms with Crippen molar-refractivity contribution in [1.29, 1.82) is 0 Å². The number of nitrogens with one attached hydrogen (secondary N) is 1. The van der Waals surface area contributed by atoms with Gasteiger partial charge in [0.25, 0.3) is 0 Å². The Morgan fingerprint density at radius 1 is 1.19 bits per heavy atom. The molecule has 0 aliphatic heterocycles. The molecule has 0 fully saturated rings. The number of rotatable bonds is 5. The molecule has 0 amide bonds. The van der Waals surface area contributed by atoms with Gasteiger partial charge in [0.15, 0.2) is 0 Å². The Balaban J connectivity index is 2.81. The van der Waals surface area contributed by atoms with Crippen molar-refractivity contribution in [2.45, 2.75) is 53.6 Å². The lowest BCUT2D eigenvalue weighted by molar-refractivity contribution is 0.315. The van der Waals surface area contributed by atoms with Crippen LogP contribution >= 0.6 is 0 Å². The van der Waals surface area contributed by atoms with Crippen LogP contribution in [-0.4, -0.2) is 27.4 Å². The van der Waals surface area contributed by atoms with E-state index in [1.165, 1.54) is 0 Å². The molecule has 1 aromatic rings. The van der Waals surface area contributed by atoms with Crippen LogP contribution in [0.25, 0.3) is 0 Å². The third-order valence-electron chi connectivity index (χ3n) is 2.73. The third-order valence-corrected chi connectivity index (χ3v) is 2.73. The maximum absolute atomic E-state index is 4.48. The van der Waals surface area contributed by atoms with Gasteiger partial charge in [-0.3, -0.25) is 0 Å². The topological polar surface area (TPSA) is 42.7 Å². The van der Waals surface area contributed by atoms with E-state index >= 15 is 0 Å². The van der Waals surface area contributed by atoms with Crippen LogP contribution in [0.4, 0.5) is 0 Å². The highest BCUT2D eigenvalue weighted by molar-refractivity contribution is 4.91. The second-order valence-electron chi connectivity index (χ2n) is 5.03. The van der Waals surface area contributed by atoms with E-state index in [9.17, 15) is 0 Å². The van der Waals surface area contributed by atoms with Gasteiger partial charge >= 0.3 is 0 Å². The third kappa shape index (κ3) is 3.30. The van der Waals surface area contributed by atoms with Gasteiger partial charge in [-0.05, 0) is 19.8 Å². The standard InChI is InChI=1S/C12H24N4/c1-8(2)12(7-13-9(3)4)16-11(6)14-10(5)15-16/h8-9,12-13H,7H2,1-6H3. The van der Waals surface area contributed by atoms with Crippen LogP contribution in [0.15, 0.2) is 0 Å². The minimum Gasteiger partial charge on any atom is -0.312 e. The van der Waals surface area contributed by atoms with Gasteiger partial charge in [0.2, 0.25) is 0 Å². The van der Waals surface area contributed by atoms with E-state index in [0.29, 0.717) is 18.0 Å². The number of aromatic nitrogens is 3. The first-order valence-corrected chi connectivity index (χ1v) is 6.05. The first-order chi connectivity index (χ1) is 7.41. The smallest absolute Gasteiger partial charge is 0.147 e. The van der Waals surface area contributed by atoms with Crippen molar-refractivity contribution in [2.75, 3.05) is 6.54 Å². The molecule has 0 bridgehead atoms. The predicted molar refractivity (Wildman–Crippen MR) is 66.5 cm³/mol. The van der Waals surface area contributed by atoms with Gasteiger partial charge < -0.3 is 5.32 Å². The molecule has 1 atom stereocenters. The molecule has 0 spiro atoms. The van der Waals surface area contributed by atoms with Crippen LogP contribution in [0.2, 0.25) is 0 Å². The molecule has 1 rings (SSSR count). The van der Waals surface area contributed by atoms with Crippen LogP contribution < -0.4 is 5.32 Å². The van der Waals surface area contributed by atoms with E-state index in [0.717, 1.165) is 18.2 Å². The minimum absolute atomic E-state index is 0.378. The molecule has 92 valence electrons. The van der Waals surface area contributed by atoms with Gasteiger partial charge in [0, 0.05) is 12.6 Å². The fourth-order valence-corrected chi connectivity index (χ4v) is 1.81. The van der Waals surface area contributed by atoms with Gasteiger partial charge in [-0.15, -0.1) is 0 Å². The number of hydrogen-bond acceptors (Lipinski definition) is 3. The second kappa shape index (κ2) is 5.43. The molecule has 1 aromatic heterocycles. The first-order valence-electron chi connectivity index (χ1n) is 6.05. The maximum Gasteiger partial charge on any atom is 0.147 e. The first kappa shape index (κ1) is 13.2. The molecule has 0 saturated heterocycles. The lowest BCUT2D eigenvalue weighted by Crippen LogP contribution is -2.33. The summed E-state index contributed by atoms with van der Waals surface area (Å²) in [6.07, 6.45) is 0. The van der Waals surface area contributed by atoms with Crippen molar-refractivity contribution in [3.63, 3.8) is 0 Å². The molecule has 4 heteroatoms. The van der Waals surface area contributed by atoms with Gasteiger partial charge in [0.1, 0.15) is 11.6 Å². The Bertz CT molecular complexity index is 328. The van der Waals surface area contributed by atoms with Crippen LogP contribution in [0.3, 0.4) is 0 Å². The van der Waals surface area contributed by atoms with E-state index in [4.69, 9.17) is 0 Å². The van der Waals surface area contributed by atoms with Crippen molar-refractivity contribution in [1.82, 2.24) is 20.1 Å². The Hall–Kier alpha value is -0.900. The van der Waals surface area contributed by atoms with Gasteiger partial charge in [-0.1, -0.05) is 27.7 Å². The molecule has 0 aliphatic rings. The van der Waals surface area contributed by atoms with Crippen molar-refractivity contribution in [2.24, 2.45) is 5.92 Å². The second-order valence-corrected chi connectivity index (χ2v) is 5.03. The molecule has 16 heavy (non-hydrogen) atoms. The van der Waals surface area contributed by atoms with Crippen LogP contribution in [0, 0.1) is 19.8 Å². The summed E-state index contributed by atoms with van der Waals surface area (Å²) in [7, 11) is 0. The quantitative estimate of drug-likeness (QED) is 0.833. The molecule has 1 unspecified atom stereocenters. The highest BCUT2D eigenvalue weighted by atomic mass is 15.4. The van der Waals surface area contributed by atoms with Crippen molar-refractivity contribution in [3.05, 3.63) is 11.6 Å². The minimum atomic E-state index is 0.378. The molecule has 4 nitrogen and oxygen atoms in total. The van der Waals surface area contributed by atoms with Crippen LogP contribution in [0.1, 0.15) is 45.4 Å². The zero-order valence-corrected chi connectivity index (χ0v) is 11.3. The summed E-state index contributed by atoms with van der Waals surface area (Å²) in [5, 5.41) is 7.95. The molecule has 1 N–H and O–H groups in total. The number of hydrogen-bond donors (Lipinski definition) is 1. The Morgan fingerprint density at radius 2 is 1.81 bits per heavy atom. The lowest BCUT2D eigenvalue weighted by Gasteiger charge is -2.23. The summed E-state index contributed by atoms with van der Waals surface area (Å²) >= 11 is 0. The fraction of sp³-hybridized carbons (Fsp3) is 0.833. The zero-order chi connectivity index (χ0) is 12.3. The fourth-order valence-electron chi connectivity index (χ4n) is 1.81. The summed E-state index contributed by atoms with van der Waals surface area (Å²) in [6, 6.07) is 0.884. The Morgan fingerprint density at radius 3 is 2.19 bits per heavy atom. The van der Waals surface area contributed by atoms with Gasteiger partial charge in [-0.2, -0.15) is 5.10 Å². The van der Waals surface area contributed by atoms with Gasteiger partial charge in [-0.25, -0.2) is 9.67 Å². The van der Waals surface area contributed by atoms with E-state index < -0.39 is 0 Å². The molecule has 1 heterocycles. The van der Waals surface area contributed by atoms with Crippen LogP contribution in [0.5, 0.6) is 0 Å². The average Bonchev–Trinajstić information content (AvgIpc) is 2.45. The van der Waals surface area contributed by atoms with Crippen molar-refractivity contribution >= 4 is 0 Å². The van der Waals surface area contributed by atoms with Gasteiger partial charge in [0.05, 0.1) is 6.04 Å². The molecule has 0 aromatic carbocycles. The Labute approximate surface area is 98.5 Å². The summed E-state index contributed by atoms with van der Waals surface area (Å²) in [5.41, 5.74) is 0. The molecular formula is C12H24N4. The highest BCUT2D eigenvalue weighted by Gasteiger charge is 2.19. The normalized spacial score (nSPS) is 13.8. The summed E-state index contributed by atoms with van der Waals surface area (Å²) in [5.74, 6) is 2.40. The van der Waals surface area contributed by atoms with E-state index in [1.807, 2.05) is 13.8 Å². The molecule has 0 aliphatic carbocycles. The maximum atomic E-state index is 4.48. The van der Waals surface area contributed by atoms with Crippen molar-refractivity contribution < 1.29 is 0 Å². The number of aryl methyl sites for hydroxylation is 2. The molecule has 0 radical (unpaired) electrons. The molecule has 0 saturated carbocycles. The van der Waals surface area contributed by atoms with Crippen LogP contribution in [-0.2, 0) is 0 Å². The van der Waals surface area contributed by atoms with Crippen molar-refractivity contribution in [3.8, 4) is 0 Å². The average molecular weight is 224 g/mol. The molecular weight excluding hydrogens is 200 g/mol. The monoisotopic (exact) mass is 224 g/mol. The zero-order valence-electron chi connectivity index (χ0n) is 11.3. The SMILES string of the molecule is Cc1nc(C)n(C(CNC(C)C)C(C)C)n1. The summed E-state index contributed by atoms with van der Waals surface area (Å²) in [4.78, 5) is 4.37. The van der Waals surface area contributed by atoms with E-state index in [-0.39, 0.29) is 0 Å². The largest absolute Gasteiger partial charge is 0.312 e. The summed E-state index contributed by atoms with van der Waals surface area (Å²) < 4.78 is 2.05. The lowest BCUT2D eigenvalue weighted by atomic mass is 10.0. The summed E-state index contributed by atoms with van der Waals surface area (Å²) in [6.45, 7) is 13.7. The Kier molecular flexibility index (Phi) is 4.47. The number of nitrogens with zero attached hydrogens (tertiary/aromatic N) is 3.